The van der Waals surface area contributed by atoms with Crippen molar-refractivity contribution >= 4 is 11.5 Å². The largest absolute Gasteiger partial charge is 0.507 e. The van der Waals surface area contributed by atoms with Gasteiger partial charge in [-0.3, -0.25) is 0 Å². The van der Waals surface area contributed by atoms with Gasteiger partial charge in [-0.1, -0.05) is 12.1 Å². The number of cyclic esters (lactones) is 1. The molecule has 10 heteroatoms. The summed E-state index contributed by atoms with van der Waals surface area (Å²) in [5, 5.41) is 49.5. The van der Waals surface area contributed by atoms with Crippen LogP contribution in [-0.2, 0) is 20.7 Å². The van der Waals surface area contributed by atoms with Gasteiger partial charge in [0.1, 0.15) is 47.8 Å². The topological polar surface area (TPSA) is 155 Å². The Morgan fingerprint density at radius 2 is 1.68 bits per heavy atom. The van der Waals surface area contributed by atoms with E-state index in [0.717, 1.165) is 5.56 Å². The van der Waals surface area contributed by atoms with Gasteiger partial charge in [0.25, 0.3) is 0 Å². The van der Waals surface area contributed by atoms with Gasteiger partial charge in [0, 0.05) is 29.7 Å². The van der Waals surface area contributed by atoms with Crippen molar-refractivity contribution in [2.45, 2.75) is 43.2 Å². The van der Waals surface area contributed by atoms with E-state index in [4.69, 9.17) is 18.9 Å². The van der Waals surface area contributed by atoms with Gasteiger partial charge in [0.2, 0.25) is 6.29 Å². The molecule has 2 aromatic carbocycles. The van der Waals surface area contributed by atoms with E-state index in [1.54, 1.807) is 36.4 Å². The monoisotopic (exact) mass is 474 g/mol. The smallest absolute Gasteiger partial charge is 0.331 e. The summed E-state index contributed by atoms with van der Waals surface area (Å²) in [5.74, 6) is 0.272. The highest BCUT2D eigenvalue weighted by Gasteiger charge is 2.44. The summed E-state index contributed by atoms with van der Waals surface area (Å²) < 4.78 is 21.5. The Hall–Kier alpha value is -3.15. The number of aliphatic hydroxyl groups is 4. The van der Waals surface area contributed by atoms with Gasteiger partial charge in [0.05, 0.1) is 13.7 Å². The number of esters is 1. The minimum absolute atomic E-state index is 0.0304. The lowest BCUT2D eigenvalue weighted by Gasteiger charge is -2.39. The van der Waals surface area contributed by atoms with Gasteiger partial charge < -0.3 is 44.5 Å². The average molecular weight is 474 g/mol. The molecule has 0 bridgehead atoms. The van der Waals surface area contributed by atoms with E-state index in [-0.39, 0.29) is 5.75 Å². The van der Waals surface area contributed by atoms with Gasteiger partial charge in [0.15, 0.2) is 0 Å². The Morgan fingerprint density at radius 3 is 2.32 bits per heavy atom. The predicted octanol–water partition coefficient (Wildman–Crippen LogP) is 0.131. The fourth-order valence-electron chi connectivity index (χ4n) is 3.96. The predicted molar refractivity (Wildman–Crippen MR) is 117 cm³/mol. The van der Waals surface area contributed by atoms with Crippen LogP contribution in [0.2, 0.25) is 0 Å². The minimum atomic E-state index is -1.54. The van der Waals surface area contributed by atoms with Crippen molar-refractivity contribution in [3.63, 3.8) is 0 Å². The minimum Gasteiger partial charge on any atom is -0.507 e. The van der Waals surface area contributed by atoms with Crippen LogP contribution in [0.15, 0.2) is 48.5 Å². The molecule has 0 spiro atoms. The normalized spacial score (nSPS) is 28.9. The molecular formula is C24H26O10. The first-order chi connectivity index (χ1) is 16.3. The van der Waals surface area contributed by atoms with Crippen LogP contribution in [0.3, 0.4) is 0 Å². The van der Waals surface area contributed by atoms with E-state index in [1.165, 1.54) is 19.3 Å². The van der Waals surface area contributed by atoms with E-state index in [1.807, 2.05) is 0 Å². The second-order valence-electron chi connectivity index (χ2n) is 8.07. The molecule has 4 rings (SSSR count). The molecule has 0 radical (unpaired) electrons. The summed E-state index contributed by atoms with van der Waals surface area (Å²) in [6.07, 6.45) is -5.80. The number of aliphatic hydroxyl groups excluding tert-OH is 4. The number of phenolic OH excluding ortho intramolecular Hbond substituents is 1. The van der Waals surface area contributed by atoms with E-state index in [9.17, 15) is 30.3 Å². The van der Waals surface area contributed by atoms with Crippen molar-refractivity contribution in [3.05, 3.63) is 59.7 Å². The number of aromatic hydroxyl groups is 1. The lowest BCUT2D eigenvalue weighted by Crippen LogP contribution is -2.60. The molecule has 5 N–H and O–H groups in total. The zero-order valence-corrected chi connectivity index (χ0v) is 18.3. The average Bonchev–Trinajstić information content (AvgIpc) is 3.19. The molecule has 0 saturated carbocycles. The number of phenols is 1. The second-order valence-corrected chi connectivity index (χ2v) is 8.07. The van der Waals surface area contributed by atoms with Gasteiger partial charge in [-0.2, -0.15) is 0 Å². The standard InChI is InChI=1S/C24H26O10/c1-31-14-6-7-15(17(26)9-14)16-10-20(27)33-18(16)8-12-2-4-13(5-3-12)32-24-23(30)22(29)21(28)19(11-25)34-24/h2-7,9-10,18-19,21-26,28-30H,8,11H2,1H3/t18-,19-,21-,22+,23-,24-/m1/s1. The van der Waals surface area contributed by atoms with Crippen LogP contribution in [0.25, 0.3) is 5.57 Å². The van der Waals surface area contributed by atoms with Crippen LogP contribution in [-0.4, -0.2) is 82.0 Å². The molecule has 2 aromatic rings. The van der Waals surface area contributed by atoms with E-state index in [2.05, 4.69) is 0 Å². The number of carbonyl (C=O) groups is 1. The molecule has 6 atom stereocenters. The van der Waals surface area contributed by atoms with Crippen LogP contribution in [0.1, 0.15) is 11.1 Å². The summed E-state index contributed by atoms with van der Waals surface area (Å²) >= 11 is 0. The maximum atomic E-state index is 12.0. The van der Waals surface area contributed by atoms with E-state index >= 15 is 0 Å². The van der Waals surface area contributed by atoms with Crippen molar-refractivity contribution < 1.29 is 49.3 Å². The Labute approximate surface area is 195 Å². The second kappa shape index (κ2) is 10.00. The maximum absolute atomic E-state index is 12.0. The highest BCUT2D eigenvalue weighted by molar-refractivity contribution is 5.98. The Balaban J connectivity index is 1.44. The third kappa shape index (κ3) is 4.86. The Morgan fingerprint density at radius 1 is 0.971 bits per heavy atom. The number of benzene rings is 2. The number of carbonyl (C=O) groups excluding carboxylic acids is 1. The zero-order chi connectivity index (χ0) is 24.4. The van der Waals surface area contributed by atoms with Crippen molar-refractivity contribution in [1.29, 1.82) is 0 Å². The molecule has 1 saturated heterocycles. The molecule has 0 aliphatic carbocycles. The fourth-order valence-corrected chi connectivity index (χ4v) is 3.96. The molecule has 2 aliphatic heterocycles. The third-order valence-electron chi connectivity index (χ3n) is 5.84. The fraction of sp³-hybridized carbons (Fsp3) is 0.375. The molecule has 182 valence electrons. The first-order valence-corrected chi connectivity index (χ1v) is 10.7. The molecule has 2 heterocycles. The van der Waals surface area contributed by atoms with Crippen LogP contribution in [0, 0.1) is 0 Å². The lowest BCUT2D eigenvalue weighted by atomic mass is 9.95. The van der Waals surface area contributed by atoms with Crippen LogP contribution in [0.5, 0.6) is 17.2 Å². The van der Waals surface area contributed by atoms with Crippen molar-refractivity contribution in [1.82, 2.24) is 0 Å². The highest BCUT2D eigenvalue weighted by atomic mass is 16.7. The molecule has 0 amide bonds. The van der Waals surface area contributed by atoms with Crippen LogP contribution >= 0.6 is 0 Å². The number of hydrogen-bond donors (Lipinski definition) is 5. The van der Waals surface area contributed by atoms with E-state index in [0.29, 0.717) is 29.1 Å². The third-order valence-corrected chi connectivity index (χ3v) is 5.84. The first-order valence-electron chi connectivity index (χ1n) is 10.7. The molecule has 34 heavy (non-hydrogen) atoms. The summed E-state index contributed by atoms with van der Waals surface area (Å²) in [7, 11) is 1.49. The van der Waals surface area contributed by atoms with Crippen molar-refractivity contribution in [2.24, 2.45) is 0 Å². The number of methoxy groups -OCH3 is 1. The van der Waals surface area contributed by atoms with E-state index < -0.39 is 49.4 Å². The molecule has 1 fully saturated rings. The summed E-state index contributed by atoms with van der Waals surface area (Å²) in [6.45, 7) is -0.552. The summed E-state index contributed by atoms with van der Waals surface area (Å²) in [6, 6.07) is 11.5. The van der Waals surface area contributed by atoms with Gasteiger partial charge in [-0.15, -0.1) is 0 Å². The number of hydrogen-bond acceptors (Lipinski definition) is 10. The Kier molecular flexibility index (Phi) is 7.05. The van der Waals surface area contributed by atoms with Crippen molar-refractivity contribution in [2.75, 3.05) is 13.7 Å². The quantitative estimate of drug-likeness (QED) is 0.350. The molecule has 0 unspecified atom stereocenters. The summed E-state index contributed by atoms with van der Waals surface area (Å²) in [5.41, 5.74) is 1.82. The molecule has 0 aromatic heterocycles. The van der Waals surface area contributed by atoms with Crippen LogP contribution in [0.4, 0.5) is 0 Å². The highest BCUT2D eigenvalue weighted by Crippen LogP contribution is 2.36. The number of rotatable bonds is 7. The van der Waals surface area contributed by atoms with Gasteiger partial charge >= 0.3 is 5.97 Å². The molecule has 2 aliphatic rings. The van der Waals surface area contributed by atoms with Crippen LogP contribution < -0.4 is 9.47 Å². The SMILES string of the molecule is COc1ccc(C2=CC(=O)O[C@@H]2Cc2ccc(O[C@@H]3O[C@H](CO)[C@@H](O)[C@H](O)[C@H]3O)cc2)c(O)c1. The molecule has 10 nitrogen and oxygen atoms in total. The first kappa shape index (κ1) is 24.0. The van der Waals surface area contributed by atoms with Gasteiger partial charge in [-0.25, -0.2) is 4.79 Å². The van der Waals surface area contributed by atoms with Crippen molar-refractivity contribution in [3.8, 4) is 17.2 Å². The lowest BCUT2D eigenvalue weighted by molar-refractivity contribution is -0.277. The zero-order valence-electron chi connectivity index (χ0n) is 18.3. The summed E-state index contributed by atoms with van der Waals surface area (Å²) in [4.78, 5) is 12.0. The Bertz CT molecular complexity index is 1050. The maximum Gasteiger partial charge on any atom is 0.331 e. The molecular weight excluding hydrogens is 448 g/mol. The number of ether oxygens (including phenoxy) is 4. The van der Waals surface area contributed by atoms with Gasteiger partial charge in [-0.05, 0) is 29.8 Å².